The third kappa shape index (κ3) is 2.90. The Labute approximate surface area is 112 Å². The van der Waals surface area contributed by atoms with E-state index in [0.717, 1.165) is 32.3 Å². The second kappa shape index (κ2) is 5.80. The van der Waals surface area contributed by atoms with E-state index >= 15 is 0 Å². The van der Waals surface area contributed by atoms with Gasteiger partial charge in [0, 0.05) is 19.6 Å². The summed E-state index contributed by atoms with van der Waals surface area (Å²) in [7, 11) is 1.84. The molecule has 1 atom stereocenters. The van der Waals surface area contributed by atoms with E-state index in [9.17, 15) is 4.39 Å². The Kier molecular flexibility index (Phi) is 4.35. The van der Waals surface area contributed by atoms with Gasteiger partial charge in [-0.25, -0.2) is 9.37 Å². The van der Waals surface area contributed by atoms with E-state index in [-0.39, 0.29) is 11.1 Å². The Morgan fingerprint density at radius 3 is 3.11 bits per heavy atom. The van der Waals surface area contributed by atoms with Crippen molar-refractivity contribution in [3.05, 3.63) is 17.3 Å². The summed E-state index contributed by atoms with van der Waals surface area (Å²) >= 11 is 5.71. The van der Waals surface area contributed by atoms with Gasteiger partial charge in [-0.2, -0.15) is 4.98 Å². The van der Waals surface area contributed by atoms with Crippen molar-refractivity contribution >= 4 is 17.4 Å². The average molecular weight is 273 g/mol. The molecule has 0 aliphatic carbocycles. The highest BCUT2D eigenvalue weighted by atomic mass is 35.5. The minimum Gasteiger partial charge on any atom is -0.356 e. The van der Waals surface area contributed by atoms with Crippen molar-refractivity contribution in [3.63, 3.8) is 0 Å². The van der Waals surface area contributed by atoms with E-state index in [1.54, 1.807) is 0 Å². The molecule has 0 amide bonds. The molecule has 1 saturated heterocycles. The fourth-order valence-corrected chi connectivity index (χ4v) is 2.65. The highest BCUT2D eigenvalue weighted by Gasteiger charge is 2.25. The van der Waals surface area contributed by atoms with Gasteiger partial charge in [0.1, 0.15) is 0 Å². The molecule has 0 spiro atoms. The number of likely N-dealkylation sites (N-methyl/N-ethyl adjacent to an activating group) is 2. The third-order valence-electron chi connectivity index (χ3n) is 3.45. The number of aromatic nitrogens is 2. The molecule has 0 bridgehead atoms. The van der Waals surface area contributed by atoms with Gasteiger partial charge in [0.25, 0.3) is 0 Å². The van der Waals surface area contributed by atoms with Gasteiger partial charge in [-0.3, -0.25) is 4.90 Å². The summed E-state index contributed by atoms with van der Waals surface area (Å²) in [6, 6.07) is 0.466. The van der Waals surface area contributed by atoms with Crippen molar-refractivity contribution in [2.75, 3.05) is 31.6 Å². The van der Waals surface area contributed by atoms with Gasteiger partial charge in [0.15, 0.2) is 11.6 Å². The summed E-state index contributed by atoms with van der Waals surface area (Å²) in [5.41, 5.74) is 0. The van der Waals surface area contributed by atoms with E-state index in [0.29, 0.717) is 6.04 Å². The Morgan fingerprint density at radius 1 is 1.61 bits per heavy atom. The van der Waals surface area contributed by atoms with Crippen LogP contribution in [0.5, 0.6) is 0 Å². The maximum absolute atomic E-state index is 13.6. The highest BCUT2D eigenvalue weighted by molar-refractivity contribution is 6.28. The van der Waals surface area contributed by atoms with Crippen molar-refractivity contribution in [2.45, 2.75) is 25.8 Å². The molecule has 4 nitrogen and oxygen atoms in total. The van der Waals surface area contributed by atoms with Crippen LogP contribution < -0.4 is 4.90 Å². The lowest BCUT2D eigenvalue weighted by Crippen LogP contribution is -2.39. The zero-order chi connectivity index (χ0) is 13.1. The number of anilines is 1. The Hall–Kier alpha value is -0.940. The minimum atomic E-state index is -0.428. The maximum atomic E-state index is 13.6. The van der Waals surface area contributed by atoms with Crippen molar-refractivity contribution in [1.29, 1.82) is 0 Å². The Balaban J connectivity index is 2.07. The van der Waals surface area contributed by atoms with Crippen LogP contribution in [0.2, 0.25) is 5.28 Å². The topological polar surface area (TPSA) is 32.3 Å². The van der Waals surface area contributed by atoms with Gasteiger partial charge >= 0.3 is 0 Å². The second-order valence-corrected chi connectivity index (χ2v) is 4.95. The first-order valence-corrected chi connectivity index (χ1v) is 6.62. The van der Waals surface area contributed by atoms with Crippen LogP contribution in [-0.4, -0.2) is 47.6 Å². The summed E-state index contributed by atoms with van der Waals surface area (Å²) in [6.07, 6.45) is 3.48. The van der Waals surface area contributed by atoms with Gasteiger partial charge in [-0.15, -0.1) is 0 Å². The van der Waals surface area contributed by atoms with Crippen molar-refractivity contribution in [2.24, 2.45) is 0 Å². The van der Waals surface area contributed by atoms with Gasteiger partial charge in [-0.05, 0) is 37.5 Å². The van der Waals surface area contributed by atoms with Gasteiger partial charge < -0.3 is 4.90 Å². The standard InChI is InChI=1S/C12H18ClFN4/c1-3-18-6-4-5-9(18)8-17(2)11-10(14)7-15-12(13)16-11/h7,9H,3-6,8H2,1-2H3. The van der Waals surface area contributed by atoms with Crippen molar-refractivity contribution in [1.82, 2.24) is 14.9 Å². The quantitative estimate of drug-likeness (QED) is 0.787. The largest absolute Gasteiger partial charge is 0.356 e. The van der Waals surface area contributed by atoms with Crippen LogP contribution in [0.4, 0.5) is 10.2 Å². The summed E-state index contributed by atoms with van der Waals surface area (Å²) in [5.74, 6) is -0.152. The molecule has 0 N–H and O–H groups in total. The van der Waals surface area contributed by atoms with E-state index in [4.69, 9.17) is 11.6 Å². The first-order chi connectivity index (χ1) is 8.61. The molecular weight excluding hydrogens is 255 g/mol. The van der Waals surface area contributed by atoms with Crippen LogP contribution in [0, 0.1) is 5.82 Å². The molecule has 1 aromatic rings. The van der Waals surface area contributed by atoms with E-state index in [1.807, 2.05) is 11.9 Å². The van der Waals surface area contributed by atoms with E-state index < -0.39 is 5.82 Å². The van der Waals surface area contributed by atoms with Crippen LogP contribution in [0.15, 0.2) is 6.20 Å². The molecule has 2 rings (SSSR count). The second-order valence-electron chi connectivity index (χ2n) is 4.62. The van der Waals surface area contributed by atoms with Gasteiger partial charge in [-0.1, -0.05) is 6.92 Å². The predicted octanol–water partition coefficient (Wildman–Crippen LogP) is 2.19. The summed E-state index contributed by atoms with van der Waals surface area (Å²) in [5, 5.41) is 0.0806. The zero-order valence-corrected chi connectivity index (χ0v) is 11.5. The molecule has 1 aliphatic heterocycles. The number of rotatable bonds is 4. The molecule has 0 radical (unpaired) electrons. The lowest BCUT2D eigenvalue weighted by Gasteiger charge is -2.28. The molecule has 0 aromatic carbocycles. The number of nitrogens with zero attached hydrogens (tertiary/aromatic N) is 4. The maximum Gasteiger partial charge on any atom is 0.224 e. The number of hydrogen-bond acceptors (Lipinski definition) is 4. The number of hydrogen-bond donors (Lipinski definition) is 0. The first kappa shape index (κ1) is 13.5. The smallest absolute Gasteiger partial charge is 0.224 e. The monoisotopic (exact) mass is 272 g/mol. The number of likely N-dealkylation sites (tertiary alicyclic amines) is 1. The van der Waals surface area contributed by atoms with Crippen LogP contribution in [-0.2, 0) is 0 Å². The molecule has 0 saturated carbocycles. The molecular formula is C12H18ClFN4. The third-order valence-corrected chi connectivity index (χ3v) is 3.63. The molecule has 1 aliphatic rings. The molecule has 6 heteroatoms. The summed E-state index contributed by atoms with van der Waals surface area (Å²) < 4.78 is 13.6. The van der Waals surface area contributed by atoms with Crippen LogP contribution in [0.25, 0.3) is 0 Å². The highest BCUT2D eigenvalue weighted by Crippen LogP contribution is 2.21. The fourth-order valence-electron chi connectivity index (χ4n) is 2.53. The van der Waals surface area contributed by atoms with Gasteiger partial charge in [0.2, 0.25) is 5.28 Å². The zero-order valence-electron chi connectivity index (χ0n) is 10.7. The normalized spacial score (nSPS) is 20.3. The molecule has 1 aromatic heterocycles. The molecule has 18 heavy (non-hydrogen) atoms. The number of halogens is 2. The lowest BCUT2D eigenvalue weighted by atomic mass is 10.2. The minimum absolute atomic E-state index is 0.0806. The van der Waals surface area contributed by atoms with E-state index in [1.165, 1.54) is 6.42 Å². The van der Waals surface area contributed by atoms with Crippen molar-refractivity contribution < 1.29 is 4.39 Å². The molecule has 100 valence electrons. The van der Waals surface area contributed by atoms with Crippen LogP contribution >= 0.6 is 11.6 Å². The average Bonchev–Trinajstić information content (AvgIpc) is 2.79. The Morgan fingerprint density at radius 2 is 2.39 bits per heavy atom. The van der Waals surface area contributed by atoms with Crippen LogP contribution in [0.1, 0.15) is 19.8 Å². The van der Waals surface area contributed by atoms with Crippen molar-refractivity contribution in [3.8, 4) is 0 Å². The predicted molar refractivity (Wildman–Crippen MR) is 70.5 cm³/mol. The lowest BCUT2D eigenvalue weighted by molar-refractivity contribution is 0.270. The molecule has 1 unspecified atom stereocenters. The first-order valence-electron chi connectivity index (χ1n) is 6.25. The van der Waals surface area contributed by atoms with Crippen LogP contribution in [0.3, 0.4) is 0 Å². The fraction of sp³-hybridized carbons (Fsp3) is 0.667. The Bertz CT molecular complexity index is 415. The summed E-state index contributed by atoms with van der Waals surface area (Å²) in [6.45, 7) is 5.08. The van der Waals surface area contributed by atoms with Gasteiger partial charge in [0.05, 0.1) is 6.20 Å². The van der Waals surface area contributed by atoms with E-state index in [2.05, 4.69) is 21.8 Å². The SMILES string of the molecule is CCN1CCCC1CN(C)c1nc(Cl)ncc1F. The summed E-state index contributed by atoms with van der Waals surface area (Å²) in [4.78, 5) is 11.8. The molecule has 2 heterocycles. The molecule has 1 fully saturated rings.